The molecule has 1 N–H and O–H groups in total. The van der Waals surface area contributed by atoms with Crippen molar-refractivity contribution < 1.29 is 18.0 Å². The first-order valence-electron chi connectivity index (χ1n) is 6.09. The van der Waals surface area contributed by atoms with Gasteiger partial charge in [0.15, 0.2) is 17.5 Å². The second kappa shape index (κ2) is 6.23. The van der Waals surface area contributed by atoms with Crippen LogP contribution in [0.4, 0.5) is 24.7 Å². The molecule has 0 aliphatic rings. The molecule has 0 saturated carbocycles. The van der Waals surface area contributed by atoms with Crippen LogP contribution in [0.3, 0.4) is 0 Å². The Morgan fingerprint density at radius 1 is 1.18 bits per heavy atom. The molecule has 0 spiro atoms. The normalized spacial score (nSPS) is 10.5. The topological polar surface area (TPSA) is 45.2 Å². The fourth-order valence-corrected chi connectivity index (χ4v) is 1.86. The van der Waals surface area contributed by atoms with Gasteiger partial charge in [-0.2, -0.15) is 0 Å². The molecule has 0 radical (unpaired) electrons. The Labute approximate surface area is 129 Å². The number of hydrogen-bond donors (Lipinski definition) is 1. The van der Waals surface area contributed by atoms with E-state index >= 15 is 0 Å². The van der Waals surface area contributed by atoms with Crippen LogP contribution in [0.1, 0.15) is 10.4 Å². The standard InChI is InChI=1S/C14H11ClF3N3O/c1-21(2)11-6-7(5-10(15)20-11)14(22)19-9-4-3-8(16)12(17)13(9)18/h3-6H,1-2H3,(H,19,22). The number of carbonyl (C=O) groups is 1. The number of rotatable bonds is 3. The van der Waals surface area contributed by atoms with Crippen molar-refractivity contribution in [2.24, 2.45) is 0 Å². The predicted octanol–water partition coefficient (Wildman–Crippen LogP) is 3.47. The van der Waals surface area contributed by atoms with E-state index in [4.69, 9.17) is 11.6 Å². The summed E-state index contributed by atoms with van der Waals surface area (Å²) in [4.78, 5) is 17.7. The fraction of sp³-hybridized carbons (Fsp3) is 0.143. The van der Waals surface area contributed by atoms with Crippen molar-refractivity contribution >= 4 is 29.0 Å². The molecule has 0 aliphatic carbocycles. The molecule has 1 aromatic heterocycles. The second-order valence-electron chi connectivity index (χ2n) is 4.61. The van der Waals surface area contributed by atoms with Gasteiger partial charge >= 0.3 is 0 Å². The molecule has 22 heavy (non-hydrogen) atoms. The van der Waals surface area contributed by atoms with Crippen LogP contribution in [0.25, 0.3) is 0 Å². The van der Waals surface area contributed by atoms with Gasteiger partial charge in [-0.1, -0.05) is 11.6 Å². The molecule has 4 nitrogen and oxygen atoms in total. The molecule has 8 heteroatoms. The third-order valence-corrected chi connectivity index (χ3v) is 2.98. The summed E-state index contributed by atoms with van der Waals surface area (Å²) in [6.07, 6.45) is 0. The minimum atomic E-state index is -1.65. The molecule has 0 atom stereocenters. The van der Waals surface area contributed by atoms with Crippen LogP contribution in [0.2, 0.25) is 5.15 Å². The third kappa shape index (κ3) is 3.30. The summed E-state index contributed by atoms with van der Waals surface area (Å²) in [7, 11) is 3.41. The largest absolute Gasteiger partial charge is 0.363 e. The highest BCUT2D eigenvalue weighted by molar-refractivity contribution is 6.30. The van der Waals surface area contributed by atoms with Gasteiger partial charge in [0.25, 0.3) is 5.91 Å². The Hall–Kier alpha value is -2.28. The minimum absolute atomic E-state index is 0.0714. The highest BCUT2D eigenvalue weighted by Gasteiger charge is 2.17. The number of halogens is 4. The van der Waals surface area contributed by atoms with E-state index in [1.807, 2.05) is 0 Å². The number of nitrogens with one attached hydrogen (secondary N) is 1. The summed E-state index contributed by atoms with van der Waals surface area (Å²) >= 11 is 5.82. The number of anilines is 2. The van der Waals surface area contributed by atoms with Crippen molar-refractivity contribution in [3.05, 3.63) is 52.4 Å². The molecule has 0 unspecified atom stereocenters. The Morgan fingerprint density at radius 3 is 2.50 bits per heavy atom. The number of pyridine rings is 1. The number of nitrogens with zero attached hydrogens (tertiary/aromatic N) is 2. The zero-order valence-electron chi connectivity index (χ0n) is 11.6. The molecule has 0 fully saturated rings. The SMILES string of the molecule is CN(C)c1cc(C(=O)Nc2ccc(F)c(F)c2F)cc(Cl)n1. The molecule has 0 aliphatic heterocycles. The quantitative estimate of drug-likeness (QED) is 0.693. The zero-order chi connectivity index (χ0) is 16.4. The lowest BCUT2D eigenvalue weighted by Gasteiger charge is -2.13. The van der Waals surface area contributed by atoms with Gasteiger partial charge in [0.05, 0.1) is 5.69 Å². The van der Waals surface area contributed by atoms with Crippen LogP contribution < -0.4 is 10.2 Å². The molecule has 116 valence electrons. The van der Waals surface area contributed by atoms with Gasteiger partial charge in [0.1, 0.15) is 11.0 Å². The van der Waals surface area contributed by atoms with Gasteiger partial charge in [-0.05, 0) is 24.3 Å². The van der Waals surface area contributed by atoms with Crippen molar-refractivity contribution in [2.45, 2.75) is 0 Å². The van der Waals surface area contributed by atoms with Crippen LogP contribution >= 0.6 is 11.6 Å². The van der Waals surface area contributed by atoms with Crippen molar-refractivity contribution in [2.75, 3.05) is 24.3 Å². The smallest absolute Gasteiger partial charge is 0.255 e. The first-order valence-corrected chi connectivity index (χ1v) is 6.47. The van der Waals surface area contributed by atoms with Crippen molar-refractivity contribution in [1.82, 2.24) is 4.98 Å². The highest BCUT2D eigenvalue weighted by atomic mass is 35.5. The molecule has 1 heterocycles. The molecular formula is C14H11ClF3N3O. The van der Waals surface area contributed by atoms with Crippen molar-refractivity contribution in [3.63, 3.8) is 0 Å². The first kappa shape index (κ1) is 16.1. The Morgan fingerprint density at radius 2 is 1.86 bits per heavy atom. The average molecular weight is 330 g/mol. The maximum absolute atomic E-state index is 13.5. The predicted molar refractivity (Wildman–Crippen MR) is 77.8 cm³/mol. The van der Waals surface area contributed by atoms with Crippen LogP contribution in [-0.2, 0) is 0 Å². The second-order valence-corrected chi connectivity index (χ2v) is 5.00. The molecule has 1 aromatic carbocycles. The van der Waals surface area contributed by atoms with Gasteiger partial charge in [-0.25, -0.2) is 18.2 Å². The summed E-state index contributed by atoms with van der Waals surface area (Å²) in [6.45, 7) is 0. The van der Waals surface area contributed by atoms with E-state index < -0.39 is 29.0 Å². The van der Waals surface area contributed by atoms with Crippen molar-refractivity contribution in [3.8, 4) is 0 Å². The minimum Gasteiger partial charge on any atom is -0.363 e. The number of amides is 1. The lowest BCUT2D eigenvalue weighted by molar-refractivity contribution is 0.102. The number of aromatic nitrogens is 1. The Kier molecular flexibility index (Phi) is 4.56. The summed E-state index contributed by atoms with van der Waals surface area (Å²) in [5, 5.41) is 2.23. The van der Waals surface area contributed by atoms with Gasteiger partial charge in [0.2, 0.25) is 0 Å². The first-order chi connectivity index (χ1) is 10.3. The molecule has 1 amide bonds. The highest BCUT2D eigenvalue weighted by Crippen LogP contribution is 2.22. The summed E-state index contributed by atoms with van der Waals surface area (Å²) in [6, 6.07) is 4.36. The lowest BCUT2D eigenvalue weighted by Crippen LogP contribution is -2.16. The van der Waals surface area contributed by atoms with Gasteiger partial charge < -0.3 is 10.2 Å². The van der Waals surface area contributed by atoms with E-state index in [1.165, 1.54) is 12.1 Å². The zero-order valence-corrected chi connectivity index (χ0v) is 12.4. The summed E-state index contributed by atoms with van der Waals surface area (Å²) in [5.74, 6) is -4.76. The fourth-order valence-electron chi connectivity index (χ4n) is 1.66. The van der Waals surface area contributed by atoms with Crippen LogP contribution in [0.5, 0.6) is 0 Å². The van der Waals surface area contributed by atoms with Crippen LogP contribution in [-0.4, -0.2) is 25.0 Å². The molecule has 0 bridgehead atoms. The van der Waals surface area contributed by atoms with E-state index in [1.54, 1.807) is 19.0 Å². The van der Waals surface area contributed by atoms with Crippen LogP contribution in [0.15, 0.2) is 24.3 Å². The maximum Gasteiger partial charge on any atom is 0.255 e. The third-order valence-electron chi connectivity index (χ3n) is 2.78. The summed E-state index contributed by atoms with van der Waals surface area (Å²) in [5.41, 5.74) is -0.365. The Bertz CT molecular complexity index is 738. The van der Waals surface area contributed by atoms with Crippen LogP contribution in [0, 0.1) is 17.5 Å². The molecule has 2 rings (SSSR count). The van der Waals surface area contributed by atoms with E-state index in [2.05, 4.69) is 10.3 Å². The lowest BCUT2D eigenvalue weighted by atomic mass is 10.2. The van der Waals surface area contributed by atoms with Gasteiger partial charge in [-0.3, -0.25) is 4.79 Å². The maximum atomic E-state index is 13.5. The van der Waals surface area contributed by atoms with E-state index in [0.29, 0.717) is 5.82 Å². The van der Waals surface area contributed by atoms with E-state index in [9.17, 15) is 18.0 Å². The van der Waals surface area contributed by atoms with E-state index in [0.717, 1.165) is 12.1 Å². The average Bonchev–Trinajstić information content (AvgIpc) is 2.47. The molecular weight excluding hydrogens is 319 g/mol. The Balaban J connectivity index is 2.32. The van der Waals surface area contributed by atoms with E-state index in [-0.39, 0.29) is 10.7 Å². The molecule has 0 saturated heterocycles. The van der Waals surface area contributed by atoms with Crippen molar-refractivity contribution in [1.29, 1.82) is 0 Å². The summed E-state index contributed by atoms with van der Waals surface area (Å²) < 4.78 is 39.5. The monoisotopic (exact) mass is 329 g/mol. The number of benzene rings is 1. The van der Waals surface area contributed by atoms with Gasteiger partial charge in [-0.15, -0.1) is 0 Å². The van der Waals surface area contributed by atoms with Gasteiger partial charge in [0, 0.05) is 19.7 Å². The number of hydrogen-bond acceptors (Lipinski definition) is 3. The molecule has 2 aromatic rings. The number of carbonyl (C=O) groups excluding carboxylic acids is 1.